The van der Waals surface area contributed by atoms with Crippen molar-refractivity contribution >= 4 is 35.2 Å². The van der Waals surface area contributed by atoms with Gasteiger partial charge in [0.1, 0.15) is 5.75 Å². The maximum atomic E-state index is 12.1. The van der Waals surface area contributed by atoms with E-state index in [1.54, 1.807) is 6.08 Å². The Labute approximate surface area is 166 Å². The standard InChI is InChI=1S/C20H17ClN2O5/c1-3-12(2)27-15-7-4-13(5-8-15)10-18-20(24)28-19(22-18)16-9-6-14(23(25)26)11-17(16)21/h4-12H,3H2,1-2H3/b18-10-. The molecule has 1 atom stereocenters. The molecule has 1 unspecified atom stereocenters. The molecule has 0 fully saturated rings. The van der Waals surface area contributed by atoms with Gasteiger partial charge in [0.25, 0.3) is 5.69 Å². The predicted molar refractivity (Wildman–Crippen MR) is 106 cm³/mol. The minimum absolute atomic E-state index is 0.00729. The Balaban J connectivity index is 1.82. The van der Waals surface area contributed by atoms with Crippen LogP contribution in [0, 0.1) is 10.1 Å². The van der Waals surface area contributed by atoms with Crippen LogP contribution in [0.5, 0.6) is 5.75 Å². The van der Waals surface area contributed by atoms with Crippen molar-refractivity contribution in [3.05, 3.63) is 74.4 Å². The van der Waals surface area contributed by atoms with Crippen molar-refractivity contribution in [2.45, 2.75) is 26.4 Å². The summed E-state index contributed by atoms with van der Waals surface area (Å²) in [6.07, 6.45) is 2.61. The molecule has 2 aromatic carbocycles. The molecule has 0 radical (unpaired) electrons. The summed E-state index contributed by atoms with van der Waals surface area (Å²) in [4.78, 5) is 26.5. The highest BCUT2D eigenvalue weighted by molar-refractivity contribution is 6.34. The second kappa shape index (κ2) is 8.22. The minimum Gasteiger partial charge on any atom is -0.491 e. The zero-order valence-corrected chi connectivity index (χ0v) is 16.0. The van der Waals surface area contributed by atoms with Gasteiger partial charge in [0.05, 0.1) is 21.6 Å². The molecule has 28 heavy (non-hydrogen) atoms. The van der Waals surface area contributed by atoms with Gasteiger partial charge in [-0.2, -0.15) is 0 Å². The molecule has 3 rings (SSSR count). The first kappa shape index (κ1) is 19.6. The Morgan fingerprint density at radius 2 is 2.00 bits per heavy atom. The summed E-state index contributed by atoms with van der Waals surface area (Å²) in [5, 5.41) is 10.9. The Morgan fingerprint density at radius 1 is 1.29 bits per heavy atom. The lowest BCUT2D eigenvalue weighted by Crippen LogP contribution is -2.09. The van der Waals surface area contributed by atoms with Crippen molar-refractivity contribution in [3.63, 3.8) is 0 Å². The molecule has 0 saturated carbocycles. The van der Waals surface area contributed by atoms with E-state index in [4.69, 9.17) is 21.1 Å². The molecule has 0 saturated heterocycles. The lowest BCUT2D eigenvalue weighted by Gasteiger charge is -2.12. The van der Waals surface area contributed by atoms with Crippen LogP contribution in [0.4, 0.5) is 5.69 Å². The normalized spacial score (nSPS) is 15.9. The highest BCUT2D eigenvalue weighted by Gasteiger charge is 2.26. The summed E-state index contributed by atoms with van der Waals surface area (Å²) < 4.78 is 10.9. The molecule has 0 spiro atoms. The Bertz CT molecular complexity index is 983. The van der Waals surface area contributed by atoms with E-state index in [1.807, 2.05) is 38.1 Å². The van der Waals surface area contributed by atoms with Crippen molar-refractivity contribution in [3.8, 4) is 5.75 Å². The molecule has 2 aromatic rings. The van der Waals surface area contributed by atoms with Crippen LogP contribution in [0.1, 0.15) is 31.4 Å². The van der Waals surface area contributed by atoms with Gasteiger partial charge in [-0.15, -0.1) is 0 Å². The number of ether oxygens (including phenoxy) is 2. The van der Waals surface area contributed by atoms with E-state index < -0.39 is 10.9 Å². The van der Waals surface area contributed by atoms with Crippen LogP contribution in [0.3, 0.4) is 0 Å². The average Bonchev–Trinajstić information content (AvgIpc) is 3.03. The smallest absolute Gasteiger partial charge is 0.363 e. The van der Waals surface area contributed by atoms with Gasteiger partial charge in [0, 0.05) is 12.1 Å². The fourth-order valence-corrected chi connectivity index (χ4v) is 2.69. The molecular formula is C20H17ClN2O5. The van der Waals surface area contributed by atoms with Crippen molar-refractivity contribution in [2.24, 2.45) is 4.99 Å². The summed E-state index contributed by atoms with van der Waals surface area (Å²) in [6, 6.07) is 11.1. The molecule has 0 amide bonds. The first-order valence-corrected chi connectivity index (χ1v) is 8.98. The highest BCUT2D eigenvalue weighted by Crippen LogP contribution is 2.27. The van der Waals surface area contributed by atoms with Gasteiger partial charge in [-0.1, -0.05) is 30.7 Å². The minimum atomic E-state index is -0.621. The number of nitro benzene ring substituents is 1. The molecule has 1 heterocycles. The number of esters is 1. The van der Waals surface area contributed by atoms with Crippen LogP contribution >= 0.6 is 11.6 Å². The molecule has 7 nitrogen and oxygen atoms in total. The Kier molecular flexibility index (Phi) is 5.75. The topological polar surface area (TPSA) is 91.0 Å². The number of non-ortho nitro benzene ring substituents is 1. The quantitative estimate of drug-likeness (QED) is 0.301. The molecule has 8 heteroatoms. The molecule has 144 valence electrons. The number of nitrogens with zero attached hydrogens (tertiary/aromatic N) is 2. The SMILES string of the molecule is CCC(C)Oc1ccc(/C=C2\N=C(c3ccc([N+](=O)[O-])cc3Cl)OC2=O)cc1. The number of carbonyl (C=O) groups excluding carboxylic acids is 1. The van der Waals surface area contributed by atoms with Crippen LogP contribution in [0.2, 0.25) is 5.02 Å². The lowest BCUT2D eigenvalue weighted by molar-refractivity contribution is -0.384. The number of carbonyl (C=O) groups is 1. The molecule has 0 bridgehead atoms. The van der Waals surface area contributed by atoms with E-state index in [1.165, 1.54) is 18.2 Å². The number of nitro groups is 1. The van der Waals surface area contributed by atoms with Crippen LogP contribution in [0.25, 0.3) is 6.08 Å². The van der Waals surface area contributed by atoms with Crippen LogP contribution in [0.15, 0.2) is 53.2 Å². The highest BCUT2D eigenvalue weighted by atomic mass is 35.5. The van der Waals surface area contributed by atoms with Crippen LogP contribution < -0.4 is 4.74 Å². The summed E-state index contributed by atoms with van der Waals surface area (Å²) in [6.45, 7) is 4.03. The molecule has 0 aliphatic carbocycles. The van der Waals surface area contributed by atoms with Crippen molar-refractivity contribution in [1.82, 2.24) is 0 Å². The second-order valence-electron chi connectivity index (χ2n) is 6.16. The second-order valence-corrected chi connectivity index (χ2v) is 6.57. The number of cyclic esters (lactones) is 1. The Morgan fingerprint density at radius 3 is 2.61 bits per heavy atom. The van der Waals surface area contributed by atoms with Gasteiger partial charge in [0.2, 0.25) is 5.90 Å². The zero-order chi connectivity index (χ0) is 20.3. The van der Waals surface area contributed by atoms with Crippen molar-refractivity contribution in [1.29, 1.82) is 0 Å². The van der Waals surface area contributed by atoms with Gasteiger partial charge in [-0.3, -0.25) is 10.1 Å². The molecule has 0 N–H and O–H groups in total. The third-order valence-electron chi connectivity index (χ3n) is 4.11. The van der Waals surface area contributed by atoms with Crippen LogP contribution in [-0.2, 0) is 9.53 Å². The number of hydrogen-bond donors (Lipinski definition) is 0. The van der Waals surface area contributed by atoms with Gasteiger partial charge < -0.3 is 9.47 Å². The van der Waals surface area contributed by atoms with E-state index in [0.29, 0.717) is 5.56 Å². The maximum absolute atomic E-state index is 12.1. The van der Waals surface area contributed by atoms with E-state index in [9.17, 15) is 14.9 Å². The molecule has 1 aliphatic rings. The number of rotatable bonds is 6. The summed E-state index contributed by atoms with van der Waals surface area (Å²) in [5.74, 6) is 0.129. The number of hydrogen-bond acceptors (Lipinski definition) is 6. The first-order valence-electron chi connectivity index (χ1n) is 8.61. The average molecular weight is 401 g/mol. The summed E-state index contributed by atoms with van der Waals surface area (Å²) >= 11 is 6.07. The monoisotopic (exact) mass is 400 g/mol. The third-order valence-corrected chi connectivity index (χ3v) is 4.42. The van der Waals surface area contributed by atoms with E-state index >= 15 is 0 Å². The number of benzene rings is 2. The van der Waals surface area contributed by atoms with Gasteiger partial charge in [0.15, 0.2) is 5.70 Å². The molecular weight excluding hydrogens is 384 g/mol. The van der Waals surface area contributed by atoms with Gasteiger partial charge in [-0.05, 0) is 43.2 Å². The van der Waals surface area contributed by atoms with Crippen LogP contribution in [-0.4, -0.2) is 22.9 Å². The summed E-state index contributed by atoms with van der Waals surface area (Å²) in [5.41, 5.74) is 1.01. The maximum Gasteiger partial charge on any atom is 0.363 e. The van der Waals surface area contributed by atoms with E-state index in [-0.39, 0.29) is 28.4 Å². The molecule has 0 aromatic heterocycles. The third kappa shape index (κ3) is 4.37. The number of aliphatic imine (C=N–C) groups is 1. The van der Waals surface area contributed by atoms with E-state index in [0.717, 1.165) is 17.7 Å². The molecule has 1 aliphatic heterocycles. The fourth-order valence-electron chi connectivity index (χ4n) is 2.43. The first-order chi connectivity index (χ1) is 13.4. The Hall–Kier alpha value is -3.19. The van der Waals surface area contributed by atoms with Crippen molar-refractivity contribution in [2.75, 3.05) is 0 Å². The summed E-state index contributed by atoms with van der Waals surface area (Å²) in [7, 11) is 0. The lowest BCUT2D eigenvalue weighted by atomic mass is 10.2. The van der Waals surface area contributed by atoms with E-state index in [2.05, 4.69) is 4.99 Å². The van der Waals surface area contributed by atoms with Crippen molar-refractivity contribution < 1.29 is 19.2 Å². The predicted octanol–water partition coefficient (Wildman–Crippen LogP) is 4.77. The fraction of sp³-hybridized carbons (Fsp3) is 0.200. The zero-order valence-electron chi connectivity index (χ0n) is 15.2. The van der Waals surface area contributed by atoms with Gasteiger partial charge >= 0.3 is 5.97 Å². The number of halogens is 1. The van der Waals surface area contributed by atoms with Gasteiger partial charge in [-0.25, -0.2) is 9.79 Å². The largest absolute Gasteiger partial charge is 0.491 e.